The van der Waals surface area contributed by atoms with Crippen molar-refractivity contribution in [1.82, 2.24) is 9.80 Å². The maximum Gasteiger partial charge on any atom is 0.267 e. The predicted octanol–water partition coefficient (Wildman–Crippen LogP) is 3.25. The lowest BCUT2D eigenvalue weighted by atomic mass is 9.99. The topological polar surface area (TPSA) is 84.0 Å². The third kappa shape index (κ3) is 2.89. The Morgan fingerprint density at radius 3 is 1.93 bits per heavy atom. The van der Waals surface area contributed by atoms with Crippen molar-refractivity contribution in [2.45, 2.75) is 38.8 Å². The van der Waals surface area contributed by atoms with E-state index in [-0.39, 0.29) is 13.0 Å². The molecular formula is C23H22N2O5. The fraction of sp³-hybridized carbons (Fsp3) is 0.304. The molecular weight excluding hydrogens is 384 g/mol. The summed E-state index contributed by atoms with van der Waals surface area (Å²) in [6, 6.07) is 13.4. The van der Waals surface area contributed by atoms with Crippen molar-refractivity contribution in [3.63, 3.8) is 0 Å². The zero-order chi connectivity index (χ0) is 21.5. The monoisotopic (exact) mass is 406 g/mol. The summed E-state index contributed by atoms with van der Waals surface area (Å²) in [5, 5.41) is 0. The maximum atomic E-state index is 13.2. The van der Waals surface area contributed by atoms with Crippen molar-refractivity contribution in [3.8, 4) is 5.75 Å². The number of imide groups is 2. The van der Waals surface area contributed by atoms with E-state index in [1.54, 1.807) is 48.5 Å². The molecule has 0 saturated heterocycles. The van der Waals surface area contributed by atoms with Crippen LogP contribution >= 0.6 is 0 Å². The number of benzene rings is 2. The van der Waals surface area contributed by atoms with Crippen LogP contribution in [0.1, 0.15) is 64.2 Å². The Morgan fingerprint density at radius 2 is 1.37 bits per heavy atom. The summed E-state index contributed by atoms with van der Waals surface area (Å²) in [6.45, 7) is 3.62. The van der Waals surface area contributed by atoms with Gasteiger partial charge in [0.15, 0.2) is 5.72 Å². The zero-order valence-corrected chi connectivity index (χ0v) is 16.9. The van der Waals surface area contributed by atoms with Crippen molar-refractivity contribution in [3.05, 3.63) is 65.2 Å². The molecule has 0 aliphatic carbocycles. The molecule has 0 atom stereocenters. The smallest absolute Gasteiger partial charge is 0.267 e. The summed E-state index contributed by atoms with van der Waals surface area (Å²) in [5.74, 6) is -1.29. The van der Waals surface area contributed by atoms with Crippen LogP contribution in [0.2, 0.25) is 0 Å². The Labute approximate surface area is 174 Å². The molecule has 2 heterocycles. The first-order valence-corrected chi connectivity index (χ1v) is 10.0. The van der Waals surface area contributed by atoms with E-state index < -0.39 is 29.4 Å². The highest BCUT2D eigenvalue weighted by molar-refractivity contribution is 6.21. The van der Waals surface area contributed by atoms with E-state index in [0.29, 0.717) is 35.3 Å². The Bertz CT molecular complexity index is 1020. The third-order valence-corrected chi connectivity index (χ3v) is 5.81. The van der Waals surface area contributed by atoms with Gasteiger partial charge >= 0.3 is 0 Å². The first-order valence-electron chi connectivity index (χ1n) is 10.0. The summed E-state index contributed by atoms with van der Waals surface area (Å²) in [5.41, 5.74) is -0.107. The molecule has 4 amide bonds. The van der Waals surface area contributed by atoms with Crippen LogP contribution in [0.25, 0.3) is 0 Å². The van der Waals surface area contributed by atoms with Crippen molar-refractivity contribution in [2.75, 3.05) is 6.54 Å². The lowest BCUT2D eigenvalue weighted by Gasteiger charge is -2.45. The molecule has 0 unspecified atom stereocenters. The molecule has 0 bridgehead atoms. The van der Waals surface area contributed by atoms with Gasteiger partial charge in [-0.05, 0) is 24.3 Å². The summed E-state index contributed by atoms with van der Waals surface area (Å²) in [7, 11) is 0. The van der Waals surface area contributed by atoms with Gasteiger partial charge in [0.05, 0.1) is 16.7 Å². The van der Waals surface area contributed by atoms with Crippen LogP contribution in [0.4, 0.5) is 0 Å². The van der Waals surface area contributed by atoms with Crippen LogP contribution in [-0.4, -0.2) is 45.7 Å². The second-order valence-corrected chi connectivity index (χ2v) is 7.34. The molecule has 4 rings (SSSR count). The molecule has 7 heteroatoms. The second kappa shape index (κ2) is 7.40. The van der Waals surface area contributed by atoms with Crippen molar-refractivity contribution in [1.29, 1.82) is 0 Å². The van der Waals surface area contributed by atoms with Crippen molar-refractivity contribution in [2.24, 2.45) is 0 Å². The quantitative estimate of drug-likeness (QED) is 0.712. The number of para-hydroxylation sites is 1. The molecule has 7 nitrogen and oxygen atoms in total. The molecule has 2 aliphatic heterocycles. The summed E-state index contributed by atoms with van der Waals surface area (Å²) < 4.78 is 6.12. The summed E-state index contributed by atoms with van der Waals surface area (Å²) in [6.07, 6.45) is 0.676. The number of nitrogens with zero attached hydrogens (tertiary/aromatic N) is 2. The van der Waals surface area contributed by atoms with Gasteiger partial charge in [-0.3, -0.25) is 24.1 Å². The average Bonchev–Trinajstić information content (AvgIpc) is 3.02. The van der Waals surface area contributed by atoms with E-state index in [9.17, 15) is 19.2 Å². The van der Waals surface area contributed by atoms with Crippen LogP contribution in [0, 0.1) is 0 Å². The SMILES string of the molecule is CCC1(CC)Oc2ccccc2C(=O)N1C(=O)CCN1C(=O)c2ccccc2C1=O. The second-order valence-electron chi connectivity index (χ2n) is 7.34. The normalized spacial score (nSPS) is 16.9. The molecule has 0 N–H and O–H groups in total. The zero-order valence-electron chi connectivity index (χ0n) is 16.9. The van der Waals surface area contributed by atoms with Gasteiger partial charge < -0.3 is 4.74 Å². The molecule has 0 spiro atoms. The Kier molecular flexibility index (Phi) is 4.89. The number of rotatable bonds is 5. The number of carbonyl (C=O) groups excluding carboxylic acids is 4. The van der Waals surface area contributed by atoms with Gasteiger partial charge in [-0.2, -0.15) is 0 Å². The fourth-order valence-electron chi connectivity index (χ4n) is 4.10. The number of hydrogen-bond acceptors (Lipinski definition) is 5. The highest BCUT2D eigenvalue weighted by Gasteiger charge is 2.48. The molecule has 154 valence electrons. The molecule has 30 heavy (non-hydrogen) atoms. The maximum absolute atomic E-state index is 13.2. The van der Waals surface area contributed by atoms with Gasteiger partial charge in [0.1, 0.15) is 5.75 Å². The fourth-order valence-corrected chi connectivity index (χ4v) is 4.10. The lowest BCUT2D eigenvalue weighted by molar-refractivity contribution is -0.149. The third-order valence-electron chi connectivity index (χ3n) is 5.81. The number of carbonyl (C=O) groups is 4. The lowest BCUT2D eigenvalue weighted by Crippen LogP contribution is -2.60. The predicted molar refractivity (Wildman–Crippen MR) is 108 cm³/mol. The minimum atomic E-state index is -1.09. The van der Waals surface area contributed by atoms with Crippen LogP contribution in [-0.2, 0) is 4.79 Å². The average molecular weight is 406 g/mol. The van der Waals surface area contributed by atoms with Crippen molar-refractivity contribution < 1.29 is 23.9 Å². The Balaban J connectivity index is 1.57. The molecule has 2 aromatic rings. The van der Waals surface area contributed by atoms with Gasteiger partial charge in [-0.15, -0.1) is 0 Å². The highest BCUT2D eigenvalue weighted by atomic mass is 16.5. The first-order chi connectivity index (χ1) is 14.4. The van der Waals surface area contributed by atoms with Crippen LogP contribution < -0.4 is 4.74 Å². The molecule has 2 aromatic carbocycles. The minimum absolute atomic E-state index is 0.0971. The van der Waals surface area contributed by atoms with Gasteiger partial charge in [-0.1, -0.05) is 38.1 Å². The standard InChI is InChI=1S/C23H22N2O5/c1-3-23(4-2)25(22(29)17-11-7-8-12-18(17)30-23)19(26)13-14-24-20(27)15-9-5-6-10-16(15)21(24)28/h5-12H,3-4,13-14H2,1-2H3. The van der Waals surface area contributed by atoms with Crippen LogP contribution in [0.15, 0.2) is 48.5 Å². The minimum Gasteiger partial charge on any atom is -0.467 e. The van der Waals surface area contributed by atoms with Gasteiger partial charge in [0.2, 0.25) is 5.91 Å². The first kappa shape index (κ1) is 19.8. The van der Waals surface area contributed by atoms with Crippen LogP contribution in [0.3, 0.4) is 0 Å². The molecule has 2 aliphatic rings. The molecule has 0 aromatic heterocycles. The van der Waals surface area contributed by atoms with E-state index in [0.717, 1.165) is 9.80 Å². The summed E-state index contributed by atoms with van der Waals surface area (Å²) in [4.78, 5) is 53.7. The van der Waals surface area contributed by atoms with E-state index >= 15 is 0 Å². The number of amides is 4. The van der Waals surface area contributed by atoms with Gasteiger partial charge in [0, 0.05) is 25.8 Å². The molecule has 0 saturated carbocycles. The molecule has 0 fully saturated rings. The number of fused-ring (bicyclic) bond motifs is 2. The van der Waals surface area contributed by atoms with Crippen LogP contribution in [0.5, 0.6) is 5.75 Å². The highest BCUT2D eigenvalue weighted by Crippen LogP contribution is 2.38. The van der Waals surface area contributed by atoms with Gasteiger partial charge in [-0.25, -0.2) is 4.90 Å². The summed E-state index contributed by atoms with van der Waals surface area (Å²) >= 11 is 0. The number of hydrogen-bond donors (Lipinski definition) is 0. The van der Waals surface area contributed by atoms with E-state index in [4.69, 9.17) is 4.74 Å². The van der Waals surface area contributed by atoms with E-state index in [2.05, 4.69) is 0 Å². The number of ether oxygens (including phenoxy) is 1. The van der Waals surface area contributed by atoms with E-state index in [1.807, 2.05) is 13.8 Å². The van der Waals surface area contributed by atoms with E-state index in [1.165, 1.54) is 0 Å². The molecule has 0 radical (unpaired) electrons. The largest absolute Gasteiger partial charge is 0.467 e. The Hall–Kier alpha value is -3.48. The van der Waals surface area contributed by atoms with Crippen molar-refractivity contribution >= 4 is 23.6 Å². The Morgan fingerprint density at radius 1 is 0.833 bits per heavy atom. The van der Waals surface area contributed by atoms with Gasteiger partial charge in [0.25, 0.3) is 17.7 Å².